The van der Waals surface area contributed by atoms with Crippen LogP contribution in [-0.2, 0) is 0 Å². The lowest BCUT2D eigenvalue weighted by Crippen LogP contribution is -2.38. The lowest BCUT2D eigenvalue weighted by atomic mass is 10.1. The molecule has 1 atom stereocenters. The number of fused-ring (bicyclic) bond motifs is 1. The van der Waals surface area contributed by atoms with E-state index in [0.717, 1.165) is 30.9 Å². The van der Waals surface area contributed by atoms with E-state index in [9.17, 15) is 4.79 Å². The van der Waals surface area contributed by atoms with Crippen LogP contribution in [-0.4, -0.2) is 30.9 Å². The van der Waals surface area contributed by atoms with Crippen molar-refractivity contribution in [1.82, 2.24) is 0 Å². The fourth-order valence-corrected chi connectivity index (χ4v) is 2.41. The lowest BCUT2D eigenvalue weighted by Gasteiger charge is -2.35. The van der Waals surface area contributed by atoms with E-state index in [4.69, 9.17) is 16.3 Å². The summed E-state index contributed by atoms with van der Waals surface area (Å²) >= 11 is 5.60. The second-order valence-electron chi connectivity index (χ2n) is 4.61. The number of rotatable bonds is 4. The third kappa shape index (κ3) is 2.61. The number of nitrogens with zero attached hydrogens (tertiary/aromatic N) is 1. The van der Waals surface area contributed by atoms with Crippen LogP contribution in [0.25, 0.3) is 0 Å². The van der Waals surface area contributed by atoms with Crippen molar-refractivity contribution in [1.29, 1.82) is 0 Å². The van der Waals surface area contributed by atoms with Crippen molar-refractivity contribution in [3.05, 3.63) is 23.8 Å². The van der Waals surface area contributed by atoms with Gasteiger partial charge in [-0.05, 0) is 31.5 Å². The van der Waals surface area contributed by atoms with Gasteiger partial charge in [0, 0.05) is 12.1 Å². The molecule has 0 aliphatic carbocycles. The van der Waals surface area contributed by atoms with Crippen LogP contribution in [0.15, 0.2) is 18.2 Å². The average molecular weight is 268 g/mol. The van der Waals surface area contributed by atoms with Gasteiger partial charge >= 0.3 is 0 Å². The largest absolute Gasteiger partial charge is 0.487 e. The lowest BCUT2D eigenvalue weighted by molar-refractivity contribution is 0.102. The molecule has 0 bridgehead atoms. The van der Waals surface area contributed by atoms with E-state index in [0.29, 0.717) is 5.56 Å². The van der Waals surface area contributed by atoms with Gasteiger partial charge in [0.2, 0.25) is 0 Å². The second-order valence-corrected chi connectivity index (χ2v) is 4.88. The average Bonchev–Trinajstić information content (AvgIpc) is 2.37. The highest BCUT2D eigenvalue weighted by Crippen LogP contribution is 2.34. The molecule has 1 aliphatic heterocycles. The summed E-state index contributed by atoms with van der Waals surface area (Å²) in [5, 5.41) is 0. The molecule has 1 aromatic rings. The van der Waals surface area contributed by atoms with Crippen LogP contribution in [0.4, 0.5) is 5.69 Å². The van der Waals surface area contributed by atoms with Gasteiger partial charge in [0.1, 0.15) is 11.9 Å². The van der Waals surface area contributed by atoms with Crippen molar-refractivity contribution >= 4 is 23.1 Å². The first kappa shape index (κ1) is 13.2. The van der Waals surface area contributed by atoms with Crippen molar-refractivity contribution in [2.75, 3.05) is 23.9 Å². The highest BCUT2D eigenvalue weighted by atomic mass is 35.5. The van der Waals surface area contributed by atoms with E-state index in [1.165, 1.54) is 0 Å². The van der Waals surface area contributed by atoms with Crippen LogP contribution in [0.3, 0.4) is 0 Å². The zero-order valence-electron chi connectivity index (χ0n) is 10.8. The Morgan fingerprint density at radius 3 is 3.00 bits per heavy atom. The SMILES string of the molecule is CCCN1CC(C)Oc2ccc(C(=O)CCl)cc21. The molecular formula is C14H18ClNO2. The molecule has 1 aliphatic rings. The number of anilines is 1. The van der Waals surface area contributed by atoms with Crippen LogP contribution in [0.2, 0.25) is 0 Å². The highest BCUT2D eigenvalue weighted by Gasteiger charge is 2.23. The molecular weight excluding hydrogens is 250 g/mol. The number of Topliss-reactive ketones (excluding diaryl/α,β-unsaturated/α-hetero) is 1. The van der Waals surface area contributed by atoms with Gasteiger partial charge in [0.15, 0.2) is 5.78 Å². The molecule has 0 radical (unpaired) electrons. The van der Waals surface area contributed by atoms with Crippen LogP contribution in [0.5, 0.6) is 5.75 Å². The molecule has 0 spiro atoms. The molecule has 98 valence electrons. The Morgan fingerprint density at radius 1 is 1.56 bits per heavy atom. The maximum Gasteiger partial charge on any atom is 0.177 e. The number of hydrogen-bond donors (Lipinski definition) is 0. The molecule has 1 heterocycles. The summed E-state index contributed by atoms with van der Waals surface area (Å²) in [6, 6.07) is 5.54. The minimum atomic E-state index is -0.0467. The first-order valence-electron chi connectivity index (χ1n) is 6.30. The first-order chi connectivity index (χ1) is 8.65. The predicted octanol–water partition coefficient (Wildman–Crippen LogP) is 3.11. The van der Waals surface area contributed by atoms with E-state index >= 15 is 0 Å². The zero-order chi connectivity index (χ0) is 13.1. The molecule has 1 unspecified atom stereocenters. The summed E-state index contributed by atoms with van der Waals surface area (Å²) in [6.07, 6.45) is 1.25. The smallest absolute Gasteiger partial charge is 0.177 e. The molecule has 0 N–H and O–H groups in total. The zero-order valence-corrected chi connectivity index (χ0v) is 11.5. The molecule has 0 amide bonds. The van der Waals surface area contributed by atoms with Crippen molar-refractivity contribution in [2.45, 2.75) is 26.4 Å². The number of carbonyl (C=O) groups is 1. The Bertz CT molecular complexity index is 447. The third-order valence-electron chi connectivity index (χ3n) is 3.04. The molecule has 2 rings (SSSR count). The standard InChI is InChI=1S/C14H18ClNO2/c1-3-6-16-9-10(2)18-14-5-4-11(7-12(14)16)13(17)8-15/h4-5,7,10H,3,6,8-9H2,1-2H3. The fraction of sp³-hybridized carbons (Fsp3) is 0.500. The molecule has 4 heteroatoms. The summed E-state index contributed by atoms with van der Waals surface area (Å²) in [5.41, 5.74) is 1.66. The van der Waals surface area contributed by atoms with Gasteiger partial charge in [-0.25, -0.2) is 0 Å². The van der Waals surface area contributed by atoms with Gasteiger partial charge in [0.05, 0.1) is 18.1 Å². The number of carbonyl (C=O) groups excluding carboxylic acids is 1. The molecule has 0 saturated carbocycles. The topological polar surface area (TPSA) is 29.5 Å². The van der Waals surface area contributed by atoms with E-state index in [1.54, 1.807) is 6.07 Å². The number of benzene rings is 1. The Kier molecular flexibility index (Phi) is 4.12. The summed E-state index contributed by atoms with van der Waals surface area (Å²) in [6.45, 7) is 6.04. The second kappa shape index (κ2) is 5.61. The molecule has 0 fully saturated rings. The van der Waals surface area contributed by atoms with Gasteiger partial charge in [0.25, 0.3) is 0 Å². The van der Waals surface area contributed by atoms with E-state index < -0.39 is 0 Å². The van der Waals surface area contributed by atoms with Gasteiger partial charge in [-0.1, -0.05) is 6.92 Å². The molecule has 18 heavy (non-hydrogen) atoms. The third-order valence-corrected chi connectivity index (χ3v) is 3.28. The first-order valence-corrected chi connectivity index (χ1v) is 6.84. The number of alkyl halides is 1. The Hall–Kier alpha value is -1.22. The number of halogens is 1. The van der Waals surface area contributed by atoms with E-state index in [1.807, 2.05) is 12.1 Å². The van der Waals surface area contributed by atoms with E-state index in [2.05, 4.69) is 18.7 Å². The Balaban J connectivity index is 2.36. The van der Waals surface area contributed by atoms with Crippen LogP contribution in [0, 0.1) is 0 Å². The molecule has 0 saturated heterocycles. The Labute approximate surface area is 113 Å². The van der Waals surface area contributed by atoms with Crippen molar-refractivity contribution < 1.29 is 9.53 Å². The predicted molar refractivity (Wildman–Crippen MR) is 74.1 cm³/mol. The maximum absolute atomic E-state index is 11.6. The van der Waals surface area contributed by atoms with Crippen molar-refractivity contribution in [3.8, 4) is 5.75 Å². The number of hydrogen-bond acceptors (Lipinski definition) is 3. The molecule has 3 nitrogen and oxygen atoms in total. The highest BCUT2D eigenvalue weighted by molar-refractivity contribution is 6.30. The van der Waals surface area contributed by atoms with Crippen LogP contribution >= 0.6 is 11.6 Å². The van der Waals surface area contributed by atoms with Crippen molar-refractivity contribution in [2.24, 2.45) is 0 Å². The minimum Gasteiger partial charge on any atom is -0.487 e. The normalized spacial score (nSPS) is 18.2. The van der Waals surface area contributed by atoms with E-state index in [-0.39, 0.29) is 17.8 Å². The minimum absolute atomic E-state index is 0.0177. The number of ether oxygens (including phenoxy) is 1. The van der Waals surface area contributed by atoms with Crippen molar-refractivity contribution in [3.63, 3.8) is 0 Å². The summed E-state index contributed by atoms with van der Waals surface area (Å²) in [4.78, 5) is 13.9. The molecule has 1 aromatic carbocycles. The Morgan fingerprint density at radius 2 is 2.33 bits per heavy atom. The summed E-state index contributed by atoms with van der Waals surface area (Å²) < 4.78 is 5.79. The monoisotopic (exact) mass is 267 g/mol. The quantitative estimate of drug-likeness (QED) is 0.620. The summed E-state index contributed by atoms with van der Waals surface area (Å²) in [7, 11) is 0. The van der Waals surface area contributed by atoms with Gasteiger partial charge in [-0.2, -0.15) is 0 Å². The van der Waals surface area contributed by atoms with Gasteiger partial charge < -0.3 is 9.64 Å². The van der Waals surface area contributed by atoms with Crippen LogP contribution in [0.1, 0.15) is 30.6 Å². The molecule has 0 aromatic heterocycles. The maximum atomic E-state index is 11.6. The number of ketones is 1. The van der Waals surface area contributed by atoms with Gasteiger partial charge in [-0.15, -0.1) is 11.6 Å². The summed E-state index contributed by atoms with van der Waals surface area (Å²) in [5.74, 6) is 0.826. The fourth-order valence-electron chi connectivity index (χ4n) is 2.26. The van der Waals surface area contributed by atoms with Crippen LogP contribution < -0.4 is 9.64 Å². The van der Waals surface area contributed by atoms with Gasteiger partial charge in [-0.3, -0.25) is 4.79 Å².